The number of carbonyl (C=O) groups excluding carboxylic acids is 1. The molecular formula is C19H18N4O3S. The second-order valence-electron chi connectivity index (χ2n) is 6.38. The maximum atomic E-state index is 13.0. The predicted molar refractivity (Wildman–Crippen MR) is 101 cm³/mol. The number of benzene rings is 1. The molecule has 0 saturated carbocycles. The molecule has 1 N–H and O–H groups in total. The number of carbonyl (C=O) groups is 2. The van der Waals surface area contributed by atoms with Crippen molar-refractivity contribution in [2.45, 2.75) is 25.3 Å². The zero-order valence-corrected chi connectivity index (χ0v) is 15.3. The maximum Gasteiger partial charge on any atom is 0.305 e. The van der Waals surface area contributed by atoms with E-state index in [2.05, 4.69) is 10.1 Å². The van der Waals surface area contributed by atoms with Crippen LogP contribution in [0.5, 0.6) is 0 Å². The Bertz CT molecular complexity index is 953. The number of para-hydroxylation sites is 1. The first-order chi connectivity index (χ1) is 13.1. The Labute approximate surface area is 159 Å². The van der Waals surface area contributed by atoms with Gasteiger partial charge in [0.2, 0.25) is 5.82 Å². The SMILES string of the molecule is O=C(O)CC1CCCN1C(=O)c1nc(-c2cccs2)n(-c2ccccc2)n1. The summed E-state index contributed by atoms with van der Waals surface area (Å²) in [6, 6.07) is 13.1. The molecule has 1 amide bonds. The van der Waals surface area contributed by atoms with Crippen LogP contribution in [0.2, 0.25) is 0 Å². The van der Waals surface area contributed by atoms with Crippen LogP contribution in [0.3, 0.4) is 0 Å². The number of rotatable bonds is 5. The molecule has 0 spiro atoms. The fraction of sp³-hybridized carbons (Fsp3) is 0.263. The Morgan fingerprint density at radius 1 is 1.19 bits per heavy atom. The van der Waals surface area contributed by atoms with E-state index in [9.17, 15) is 9.59 Å². The van der Waals surface area contributed by atoms with E-state index in [-0.39, 0.29) is 24.2 Å². The van der Waals surface area contributed by atoms with E-state index >= 15 is 0 Å². The molecule has 8 heteroatoms. The Balaban J connectivity index is 1.71. The molecule has 1 unspecified atom stereocenters. The highest BCUT2D eigenvalue weighted by atomic mass is 32.1. The van der Waals surface area contributed by atoms with Crippen LogP contribution in [-0.4, -0.2) is 49.2 Å². The Hall–Kier alpha value is -3.00. The van der Waals surface area contributed by atoms with Crippen molar-refractivity contribution in [2.24, 2.45) is 0 Å². The molecule has 3 aromatic rings. The number of thiophene rings is 1. The third kappa shape index (κ3) is 3.48. The average molecular weight is 382 g/mol. The van der Waals surface area contributed by atoms with Gasteiger partial charge in [0, 0.05) is 12.6 Å². The van der Waals surface area contributed by atoms with Gasteiger partial charge in [-0.1, -0.05) is 24.3 Å². The van der Waals surface area contributed by atoms with E-state index in [1.807, 2.05) is 47.8 Å². The summed E-state index contributed by atoms with van der Waals surface area (Å²) in [7, 11) is 0. The van der Waals surface area contributed by atoms with Crippen molar-refractivity contribution in [1.82, 2.24) is 19.7 Å². The molecule has 0 bridgehead atoms. The lowest BCUT2D eigenvalue weighted by atomic mass is 10.1. The van der Waals surface area contributed by atoms with Gasteiger partial charge in [-0.2, -0.15) is 0 Å². The van der Waals surface area contributed by atoms with Gasteiger partial charge in [-0.05, 0) is 36.4 Å². The van der Waals surface area contributed by atoms with Crippen molar-refractivity contribution in [3.63, 3.8) is 0 Å². The number of carboxylic acid groups (broad SMARTS) is 1. The smallest absolute Gasteiger partial charge is 0.305 e. The molecule has 138 valence electrons. The summed E-state index contributed by atoms with van der Waals surface area (Å²) in [6.45, 7) is 0.533. The summed E-state index contributed by atoms with van der Waals surface area (Å²) in [5.74, 6) is -0.513. The molecule has 1 aliphatic rings. The Kier molecular flexibility index (Phi) is 4.72. The summed E-state index contributed by atoms with van der Waals surface area (Å²) in [5, 5.41) is 15.5. The number of carboxylic acids is 1. The van der Waals surface area contributed by atoms with Gasteiger partial charge in [-0.15, -0.1) is 16.4 Å². The van der Waals surface area contributed by atoms with Gasteiger partial charge in [0.05, 0.1) is 17.0 Å². The fourth-order valence-electron chi connectivity index (χ4n) is 3.36. The van der Waals surface area contributed by atoms with Gasteiger partial charge in [-0.25, -0.2) is 9.67 Å². The number of aliphatic carboxylic acids is 1. The second kappa shape index (κ2) is 7.32. The Morgan fingerprint density at radius 2 is 2.00 bits per heavy atom. The van der Waals surface area contributed by atoms with Crippen molar-refractivity contribution in [1.29, 1.82) is 0 Å². The summed E-state index contributed by atoms with van der Waals surface area (Å²) in [6.07, 6.45) is 1.43. The van der Waals surface area contributed by atoms with Crippen LogP contribution >= 0.6 is 11.3 Å². The minimum absolute atomic E-state index is 0.0527. The lowest BCUT2D eigenvalue weighted by molar-refractivity contribution is -0.137. The second-order valence-corrected chi connectivity index (χ2v) is 7.32. The predicted octanol–water partition coefficient (Wildman–Crippen LogP) is 3.08. The molecule has 0 radical (unpaired) electrons. The molecule has 3 heterocycles. The lowest BCUT2D eigenvalue weighted by Gasteiger charge is -2.21. The van der Waals surface area contributed by atoms with Crippen LogP contribution in [-0.2, 0) is 4.79 Å². The van der Waals surface area contributed by atoms with E-state index in [0.29, 0.717) is 18.8 Å². The third-order valence-corrected chi connectivity index (χ3v) is 5.45. The van der Waals surface area contributed by atoms with E-state index in [0.717, 1.165) is 17.0 Å². The standard InChI is InChI=1S/C19H18N4O3S/c24-16(25)12-14-8-4-10-22(14)19(26)17-20-18(15-9-5-11-27-15)23(21-17)13-6-2-1-3-7-13/h1-3,5-7,9,11,14H,4,8,10,12H2,(H,24,25). The number of hydrogen-bond acceptors (Lipinski definition) is 5. The molecule has 0 aliphatic carbocycles. The quantitative estimate of drug-likeness (QED) is 0.733. The molecule has 4 rings (SSSR count). The van der Waals surface area contributed by atoms with E-state index in [1.54, 1.807) is 9.58 Å². The number of amides is 1. The maximum absolute atomic E-state index is 13.0. The highest BCUT2D eigenvalue weighted by molar-refractivity contribution is 7.13. The van der Waals surface area contributed by atoms with E-state index in [4.69, 9.17) is 5.11 Å². The average Bonchev–Trinajstić information content (AvgIpc) is 3.41. The number of nitrogens with zero attached hydrogens (tertiary/aromatic N) is 4. The van der Waals surface area contributed by atoms with Crippen LogP contribution in [0, 0.1) is 0 Å². The number of aromatic nitrogens is 3. The molecule has 1 fully saturated rings. The molecule has 2 aromatic heterocycles. The van der Waals surface area contributed by atoms with Crippen molar-refractivity contribution < 1.29 is 14.7 Å². The van der Waals surface area contributed by atoms with Crippen LogP contribution in [0.4, 0.5) is 0 Å². The summed E-state index contributed by atoms with van der Waals surface area (Å²) in [5.41, 5.74) is 0.816. The monoisotopic (exact) mass is 382 g/mol. The van der Waals surface area contributed by atoms with Crippen LogP contribution in [0.1, 0.15) is 29.9 Å². The molecular weight excluding hydrogens is 364 g/mol. The largest absolute Gasteiger partial charge is 0.481 e. The first-order valence-corrected chi connectivity index (χ1v) is 9.60. The minimum Gasteiger partial charge on any atom is -0.481 e. The van der Waals surface area contributed by atoms with Gasteiger partial charge in [0.1, 0.15) is 0 Å². The first kappa shape index (κ1) is 17.4. The van der Waals surface area contributed by atoms with Crippen molar-refractivity contribution in [3.8, 4) is 16.4 Å². The van der Waals surface area contributed by atoms with E-state index in [1.165, 1.54) is 11.3 Å². The number of likely N-dealkylation sites (tertiary alicyclic amines) is 1. The summed E-state index contributed by atoms with van der Waals surface area (Å²) in [4.78, 5) is 31.1. The normalized spacial score (nSPS) is 16.6. The van der Waals surface area contributed by atoms with Crippen LogP contribution < -0.4 is 0 Å². The number of hydrogen-bond donors (Lipinski definition) is 1. The van der Waals surface area contributed by atoms with Crippen LogP contribution in [0.25, 0.3) is 16.4 Å². The first-order valence-electron chi connectivity index (χ1n) is 8.72. The molecule has 27 heavy (non-hydrogen) atoms. The molecule has 1 aromatic carbocycles. The molecule has 1 atom stereocenters. The van der Waals surface area contributed by atoms with Crippen molar-refractivity contribution in [3.05, 3.63) is 53.7 Å². The van der Waals surface area contributed by atoms with Gasteiger partial charge in [-0.3, -0.25) is 9.59 Å². The highest BCUT2D eigenvalue weighted by Gasteiger charge is 2.33. The van der Waals surface area contributed by atoms with Crippen molar-refractivity contribution in [2.75, 3.05) is 6.54 Å². The zero-order valence-electron chi connectivity index (χ0n) is 14.5. The molecule has 7 nitrogen and oxygen atoms in total. The minimum atomic E-state index is -0.901. The zero-order chi connectivity index (χ0) is 18.8. The third-order valence-electron chi connectivity index (χ3n) is 4.59. The summed E-state index contributed by atoms with van der Waals surface area (Å²) >= 11 is 1.53. The molecule has 1 aliphatic heterocycles. The van der Waals surface area contributed by atoms with Gasteiger partial charge in [0.25, 0.3) is 5.91 Å². The van der Waals surface area contributed by atoms with Gasteiger partial charge >= 0.3 is 5.97 Å². The van der Waals surface area contributed by atoms with Gasteiger partial charge < -0.3 is 10.0 Å². The van der Waals surface area contributed by atoms with Gasteiger partial charge in [0.15, 0.2) is 5.82 Å². The summed E-state index contributed by atoms with van der Waals surface area (Å²) < 4.78 is 1.67. The van der Waals surface area contributed by atoms with E-state index < -0.39 is 5.97 Å². The fourth-order valence-corrected chi connectivity index (χ4v) is 4.06. The van der Waals surface area contributed by atoms with Crippen molar-refractivity contribution >= 4 is 23.2 Å². The topological polar surface area (TPSA) is 88.3 Å². The lowest BCUT2D eigenvalue weighted by Crippen LogP contribution is -2.37. The highest BCUT2D eigenvalue weighted by Crippen LogP contribution is 2.27. The molecule has 1 saturated heterocycles. The Morgan fingerprint density at radius 3 is 2.70 bits per heavy atom. The van der Waals surface area contributed by atoms with Crippen LogP contribution in [0.15, 0.2) is 47.8 Å².